The van der Waals surface area contributed by atoms with Gasteiger partial charge in [0.2, 0.25) is 0 Å². The van der Waals surface area contributed by atoms with Crippen molar-refractivity contribution in [3.63, 3.8) is 0 Å². The molecule has 0 aromatic carbocycles. The van der Waals surface area contributed by atoms with Gasteiger partial charge < -0.3 is 23.8 Å². The molecule has 0 radical (unpaired) electrons. The summed E-state index contributed by atoms with van der Waals surface area (Å²) in [4.78, 5) is 36.9. The van der Waals surface area contributed by atoms with Gasteiger partial charge in [-0.1, -0.05) is 143 Å². The Morgan fingerprint density at radius 2 is 1.05 bits per heavy atom. The first kappa shape index (κ1) is 52.2. The van der Waals surface area contributed by atoms with Crippen LogP contribution in [0.4, 0.5) is 0 Å². The topological polar surface area (TPSA) is 99.1 Å². The molecule has 0 spiro atoms. The molecule has 0 aliphatic carbocycles. The van der Waals surface area contributed by atoms with Crippen LogP contribution in [0.5, 0.6) is 0 Å². The number of aliphatic carboxylic acids is 1. The van der Waals surface area contributed by atoms with Crippen LogP contribution in [0, 0.1) is 0 Å². The highest BCUT2D eigenvalue weighted by atomic mass is 16.6. The molecule has 0 saturated carbocycles. The molecule has 0 aromatic heterocycles. The number of carboxylic acids is 1. The van der Waals surface area contributed by atoms with Gasteiger partial charge in [-0.3, -0.25) is 9.59 Å². The van der Waals surface area contributed by atoms with Gasteiger partial charge in [-0.15, -0.1) is 0 Å². The maximum atomic E-state index is 12.7. The Labute approximate surface area is 341 Å². The molecular formula is C48H78NO7+. The average molecular weight is 781 g/mol. The second kappa shape index (κ2) is 38.1. The number of allylic oxidation sites excluding steroid dienone is 16. The van der Waals surface area contributed by atoms with E-state index in [1.807, 2.05) is 21.1 Å². The van der Waals surface area contributed by atoms with E-state index in [1.54, 1.807) is 0 Å². The van der Waals surface area contributed by atoms with E-state index < -0.39 is 18.1 Å². The number of nitrogens with zero attached hydrogens (tertiary/aromatic N) is 1. The summed E-state index contributed by atoms with van der Waals surface area (Å²) in [5, 5.41) is 9.61. The van der Waals surface area contributed by atoms with Crippen LogP contribution in [0.3, 0.4) is 0 Å². The molecule has 0 heterocycles. The highest BCUT2D eigenvalue weighted by Gasteiger charge is 2.31. The number of quaternary nitrogens is 1. The van der Waals surface area contributed by atoms with Crippen molar-refractivity contribution in [3.8, 4) is 0 Å². The Balaban J connectivity index is 4.51. The highest BCUT2D eigenvalue weighted by Crippen LogP contribution is 2.12. The molecule has 8 heteroatoms. The number of unbranched alkanes of at least 4 members (excludes halogenated alkanes) is 8. The zero-order valence-corrected chi connectivity index (χ0v) is 35.8. The molecule has 0 aliphatic rings. The highest BCUT2D eigenvalue weighted by molar-refractivity contribution is 5.72. The minimum atomic E-state index is -0.891. The molecule has 316 valence electrons. The van der Waals surface area contributed by atoms with E-state index in [0.717, 1.165) is 77.0 Å². The lowest BCUT2D eigenvalue weighted by Gasteiger charge is -2.31. The molecule has 0 saturated heterocycles. The third-order valence-electron chi connectivity index (χ3n) is 8.79. The summed E-state index contributed by atoms with van der Waals surface area (Å²) < 4.78 is 17.2. The average Bonchev–Trinajstić information content (AvgIpc) is 3.15. The fourth-order valence-corrected chi connectivity index (χ4v) is 5.54. The minimum Gasteiger partial charge on any atom is -0.477 e. The maximum Gasteiger partial charge on any atom is 0.362 e. The molecule has 56 heavy (non-hydrogen) atoms. The molecule has 1 N–H and O–H groups in total. The predicted octanol–water partition coefficient (Wildman–Crippen LogP) is 11.5. The van der Waals surface area contributed by atoms with Gasteiger partial charge in [0, 0.05) is 19.3 Å². The Morgan fingerprint density at radius 1 is 0.554 bits per heavy atom. The summed E-state index contributed by atoms with van der Waals surface area (Å²) in [5.41, 5.74) is 0. The van der Waals surface area contributed by atoms with Gasteiger partial charge >= 0.3 is 17.9 Å². The molecule has 2 unspecified atom stereocenters. The zero-order chi connectivity index (χ0) is 41.4. The fraction of sp³-hybridized carbons (Fsp3) is 0.604. The van der Waals surface area contributed by atoms with Crippen molar-refractivity contribution in [1.29, 1.82) is 0 Å². The molecule has 0 amide bonds. The van der Waals surface area contributed by atoms with Crippen LogP contribution in [0.15, 0.2) is 97.2 Å². The van der Waals surface area contributed by atoms with Crippen molar-refractivity contribution in [2.75, 3.05) is 41.0 Å². The molecule has 2 atom stereocenters. The van der Waals surface area contributed by atoms with Crippen molar-refractivity contribution in [2.24, 2.45) is 0 Å². The van der Waals surface area contributed by atoms with Crippen molar-refractivity contribution < 1.29 is 38.2 Å². The van der Waals surface area contributed by atoms with Crippen molar-refractivity contribution in [3.05, 3.63) is 97.2 Å². The van der Waals surface area contributed by atoms with E-state index in [9.17, 15) is 19.5 Å². The Kier molecular flexibility index (Phi) is 35.6. The smallest absolute Gasteiger partial charge is 0.362 e. The summed E-state index contributed by atoms with van der Waals surface area (Å²) >= 11 is 0. The van der Waals surface area contributed by atoms with E-state index in [2.05, 4.69) is 111 Å². The lowest BCUT2D eigenvalue weighted by atomic mass is 10.1. The van der Waals surface area contributed by atoms with Gasteiger partial charge in [0.1, 0.15) is 6.61 Å². The van der Waals surface area contributed by atoms with Crippen molar-refractivity contribution >= 4 is 17.9 Å². The van der Waals surface area contributed by atoms with Crippen LogP contribution in [0.25, 0.3) is 0 Å². The second-order valence-electron chi connectivity index (χ2n) is 14.9. The number of carbonyl (C=O) groups is 3. The van der Waals surface area contributed by atoms with Crippen molar-refractivity contribution in [2.45, 2.75) is 148 Å². The quantitative estimate of drug-likeness (QED) is 0.0222. The Morgan fingerprint density at radius 3 is 1.62 bits per heavy atom. The van der Waals surface area contributed by atoms with Gasteiger partial charge in [0.25, 0.3) is 0 Å². The molecule has 0 bridgehead atoms. The first-order chi connectivity index (χ1) is 27.1. The van der Waals surface area contributed by atoms with E-state index in [0.29, 0.717) is 19.3 Å². The van der Waals surface area contributed by atoms with Crippen LogP contribution >= 0.6 is 0 Å². The fourth-order valence-electron chi connectivity index (χ4n) is 5.54. The lowest BCUT2D eigenvalue weighted by Crippen LogP contribution is -2.50. The summed E-state index contributed by atoms with van der Waals surface area (Å²) in [6.45, 7) is 4.39. The first-order valence-electron chi connectivity index (χ1n) is 21.3. The van der Waals surface area contributed by atoms with Gasteiger partial charge in [0.15, 0.2) is 12.1 Å². The molecule has 0 rings (SSSR count). The van der Waals surface area contributed by atoms with E-state index >= 15 is 0 Å². The summed E-state index contributed by atoms with van der Waals surface area (Å²) in [6, 6.07) is -0.632. The van der Waals surface area contributed by atoms with Crippen LogP contribution in [0.1, 0.15) is 136 Å². The third kappa shape index (κ3) is 35.9. The molecule has 0 aromatic rings. The maximum absolute atomic E-state index is 12.7. The summed E-state index contributed by atoms with van der Waals surface area (Å²) in [6.07, 6.45) is 50.3. The van der Waals surface area contributed by atoms with Gasteiger partial charge in [0.05, 0.1) is 34.4 Å². The van der Waals surface area contributed by atoms with Gasteiger partial charge in [-0.05, 0) is 70.6 Å². The predicted molar refractivity (Wildman–Crippen MR) is 233 cm³/mol. The van der Waals surface area contributed by atoms with E-state index in [-0.39, 0.29) is 42.7 Å². The number of carbonyl (C=O) groups excluding carboxylic acids is 2. The standard InChI is InChI=1S/C48H77NO7/c1-6-8-10-12-14-16-18-20-22-23-25-27-29-31-33-35-37-39-47(51)56-44(42-54-41-40-45(48(52)53)49(3,4)5)43-55-46(50)38-36-34-32-30-28-26-24-21-19-17-15-13-11-9-7-2/h8-11,13-17,19-20,22,25,27,31,33,44-45H,6-7,12,18,21,23-24,26,28-30,32,34-43H2,1-5H3/p+1/b10-8+,11-9+,15-13+,16-14+,19-17+,22-20+,27-25+,33-31+. The Bertz CT molecular complexity index is 1230. The van der Waals surface area contributed by atoms with Crippen LogP contribution < -0.4 is 0 Å². The van der Waals surface area contributed by atoms with Gasteiger partial charge in [-0.25, -0.2) is 4.79 Å². The largest absolute Gasteiger partial charge is 0.477 e. The molecule has 8 nitrogen and oxygen atoms in total. The molecular weight excluding hydrogens is 703 g/mol. The van der Waals surface area contributed by atoms with Crippen LogP contribution in [-0.4, -0.2) is 80.6 Å². The normalized spacial score (nSPS) is 13.9. The number of ether oxygens (including phenoxy) is 3. The minimum absolute atomic E-state index is 0.0278. The summed E-state index contributed by atoms with van der Waals surface area (Å²) in [7, 11) is 5.49. The number of likely N-dealkylation sites (N-methyl/N-ethyl adjacent to an activating group) is 1. The van der Waals surface area contributed by atoms with Crippen LogP contribution in [0.2, 0.25) is 0 Å². The van der Waals surface area contributed by atoms with E-state index in [4.69, 9.17) is 14.2 Å². The molecule has 0 aliphatic heterocycles. The monoisotopic (exact) mass is 781 g/mol. The van der Waals surface area contributed by atoms with Crippen molar-refractivity contribution in [1.82, 2.24) is 0 Å². The zero-order valence-electron chi connectivity index (χ0n) is 35.8. The number of hydrogen-bond donors (Lipinski definition) is 1. The van der Waals surface area contributed by atoms with Crippen LogP contribution in [-0.2, 0) is 28.6 Å². The number of carboxylic acid groups (broad SMARTS) is 1. The lowest BCUT2D eigenvalue weighted by molar-refractivity contribution is -0.887. The van der Waals surface area contributed by atoms with Gasteiger partial charge in [-0.2, -0.15) is 0 Å². The number of esters is 2. The molecule has 0 fully saturated rings. The number of rotatable bonds is 36. The SMILES string of the molecule is CC/C=C/C=C/C=C/CCCCCCCCCC(=O)OCC(COCCC(C(=O)O)[N+](C)(C)C)OC(=O)CCC/C=C/C/C=C/C/C=C/C/C=C/C/C=C/CC. The third-order valence-corrected chi connectivity index (χ3v) is 8.79. The second-order valence-corrected chi connectivity index (χ2v) is 14.9. The number of hydrogen-bond acceptors (Lipinski definition) is 6. The first-order valence-corrected chi connectivity index (χ1v) is 21.3. The summed E-state index contributed by atoms with van der Waals surface area (Å²) in [5.74, 6) is -1.58. The van der Waals surface area contributed by atoms with E-state index in [1.165, 1.54) is 19.3 Å². The Hall–Kier alpha value is -3.75.